The number of hydrogen-bond donors (Lipinski definition) is 2. The summed E-state index contributed by atoms with van der Waals surface area (Å²) in [5.74, 6) is 1.40. The average Bonchev–Trinajstić information content (AvgIpc) is 2.96. The number of methoxy groups -OCH3 is 1. The highest BCUT2D eigenvalue weighted by molar-refractivity contribution is 5.64. The van der Waals surface area contributed by atoms with Crippen LogP contribution in [-0.2, 0) is 11.8 Å². The topological polar surface area (TPSA) is 62.2 Å². The van der Waals surface area contributed by atoms with Gasteiger partial charge < -0.3 is 19.7 Å². The number of likely N-dealkylation sites (tertiary alicyclic amines) is 1. The number of piperidine rings is 1. The molecule has 2 aliphatic heterocycles. The molecule has 5 rings (SSSR count). The zero-order valence-corrected chi connectivity index (χ0v) is 14.7. The number of benzene rings is 1. The highest BCUT2D eigenvalue weighted by atomic mass is 16.5. The van der Waals surface area contributed by atoms with Crippen molar-refractivity contribution in [3.63, 3.8) is 0 Å². The number of nitrogens with zero attached hydrogens (tertiary/aromatic N) is 1. The van der Waals surface area contributed by atoms with Crippen LogP contribution in [0.2, 0.25) is 0 Å². The van der Waals surface area contributed by atoms with Crippen LogP contribution in [-0.4, -0.2) is 59.2 Å². The van der Waals surface area contributed by atoms with Gasteiger partial charge in [0.05, 0.1) is 12.5 Å². The molecule has 2 N–H and O–H groups in total. The van der Waals surface area contributed by atoms with E-state index < -0.39 is 23.2 Å². The predicted octanol–water partition coefficient (Wildman–Crippen LogP) is 1.40. The third kappa shape index (κ3) is 1.65. The van der Waals surface area contributed by atoms with Gasteiger partial charge in [-0.2, -0.15) is 0 Å². The van der Waals surface area contributed by atoms with Crippen LogP contribution < -0.4 is 9.47 Å². The highest BCUT2D eigenvalue weighted by Crippen LogP contribution is 2.64. The molecule has 5 atom stereocenters. The molecule has 1 spiro atoms. The molecule has 2 aliphatic carbocycles. The normalized spacial score (nSPS) is 40.6. The maximum Gasteiger partial charge on any atom is 0.166 e. The van der Waals surface area contributed by atoms with Gasteiger partial charge in [-0.1, -0.05) is 25.1 Å². The van der Waals surface area contributed by atoms with Gasteiger partial charge in [-0.15, -0.1) is 0 Å². The first-order valence-corrected chi connectivity index (χ1v) is 9.27. The van der Waals surface area contributed by atoms with Crippen molar-refractivity contribution in [2.45, 2.75) is 55.5 Å². The number of rotatable bonds is 3. The Morgan fingerprint density at radius 3 is 3.00 bits per heavy atom. The van der Waals surface area contributed by atoms with Gasteiger partial charge in [-0.3, -0.25) is 4.90 Å². The Hall–Kier alpha value is -1.56. The Labute approximate surface area is 147 Å². The third-order valence-electron chi connectivity index (χ3n) is 6.84. The summed E-state index contributed by atoms with van der Waals surface area (Å²) in [7, 11) is 1.64. The molecule has 0 unspecified atom stereocenters. The largest absolute Gasteiger partial charge is 0.493 e. The first kappa shape index (κ1) is 15.7. The van der Waals surface area contributed by atoms with Crippen molar-refractivity contribution in [3.8, 4) is 11.5 Å². The lowest BCUT2D eigenvalue weighted by molar-refractivity contribution is -0.156. The molecule has 0 aromatic heterocycles. The molecule has 2 heterocycles. The summed E-state index contributed by atoms with van der Waals surface area (Å²) in [6, 6.07) is 4.08. The molecular weight excluding hydrogens is 318 g/mol. The minimum absolute atomic E-state index is 0.0166. The van der Waals surface area contributed by atoms with Gasteiger partial charge in [0.15, 0.2) is 11.5 Å². The van der Waals surface area contributed by atoms with Crippen molar-refractivity contribution in [2.75, 3.05) is 20.2 Å². The molecule has 0 radical (unpaired) electrons. The SMILES string of the molecule is CCCN1CC[C@]23c4c5ccc(OC)c4O[C@H]2[C@@H](O)C=C[C@@]3(O)[C@H]1C5. The molecule has 4 aliphatic rings. The van der Waals surface area contributed by atoms with E-state index in [1.807, 2.05) is 12.1 Å². The van der Waals surface area contributed by atoms with Crippen molar-refractivity contribution < 1.29 is 19.7 Å². The van der Waals surface area contributed by atoms with Crippen LogP contribution in [0.4, 0.5) is 0 Å². The van der Waals surface area contributed by atoms with E-state index in [-0.39, 0.29) is 6.04 Å². The number of hydrogen-bond acceptors (Lipinski definition) is 5. The van der Waals surface area contributed by atoms with E-state index in [0.717, 1.165) is 37.9 Å². The van der Waals surface area contributed by atoms with E-state index in [1.165, 1.54) is 5.56 Å². The first-order chi connectivity index (χ1) is 12.1. The van der Waals surface area contributed by atoms with Crippen LogP contribution in [0, 0.1) is 0 Å². The zero-order valence-electron chi connectivity index (χ0n) is 14.7. The van der Waals surface area contributed by atoms with E-state index in [9.17, 15) is 10.2 Å². The Morgan fingerprint density at radius 2 is 2.24 bits per heavy atom. The van der Waals surface area contributed by atoms with Crippen LogP contribution in [0.5, 0.6) is 11.5 Å². The molecule has 1 fully saturated rings. The fraction of sp³-hybridized carbons (Fsp3) is 0.600. The molecule has 134 valence electrons. The maximum absolute atomic E-state index is 11.9. The standard InChI is InChI=1S/C20H25NO4/c1-3-9-21-10-8-19-16-12-4-5-14(24-2)17(16)25-18(19)13(22)6-7-20(19,23)15(21)11-12/h4-7,13,15,18,22-23H,3,8-11H2,1-2H3/t13-,15+,18-,19-,20+/m0/s1. The Balaban J connectivity index is 1.79. The Bertz CT molecular complexity index is 762. The minimum Gasteiger partial charge on any atom is -0.493 e. The summed E-state index contributed by atoms with van der Waals surface area (Å²) < 4.78 is 11.8. The molecule has 0 saturated carbocycles. The van der Waals surface area contributed by atoms with Gasteiger partial charge in [0.1, 0.15) is 17.8 Å². The van der Waals surface area contributed by atoms with Crippen LogP contribution >= 0.6 is 0 Å². The van der Waals surface area contributed by atoms with Gasteiger partial charge in [0.25, 0.3) is 0 Å². The van der Waals surface area contributed by atoms with E-state index >= 15 is 0 Å². The summed E-state index contributed by atoms with van der Waals surface area (Å²) in [6.45, 7) is 4.07. The van der Waals surface area contributed by atoms with Crippen molar-refractivity contribution in [2.24, 2.45) is 0 Å². The van der Waals surface area contributed by atoms with Crippen LogP contribution in [0.3, 0.4) is 0 Å². The van der Waals surface area contributed by atoms with Crippen molar-refractivity contribution in [1.29, 1.82) is 0 Å². The number of aliphatic hydroxyl groups excluding tert-OH is 1. The van der Waals surface area contributed by atoms with E-state index in [0.29, 0.717) is 11.5 Å². The van der Waals surface area contributed by atoms with E-state index in [4.69, 9.17) is 9.47 Å². The lowest BCUT2D eigenvalue weighted by atomic mass is 9.50. The summed E-state index contributed by atoms with van der Waals surface area (Å²) in [6.07, 6.45) is 5.02. The molecule has 25 heavy (non-hydrogen) atoms. The summed E-state index contributed by atoms with van der Waals surface area (Å²) >= 11 is 0. The molecule has 1 saturated heterocycles. The van der Waals surface area contributed by atoms with Gasteiger partial charge >= 0.3 is 0 Å². The Morgan fingerprint density at radius 1 is 1.40 bits per heavy atom. The van der Waals surface area contributed by atoms with E-state index in [2.05, 4.69) is 17.9 Å². The second-order valence-electron chi connectivity index (χ2n) is 7.82. The lowest BCUT2D eigenvalue weighted by Crippen LogP contribution is -2.75. The number of ether oxygens (including phenoxy) is 2. The molecule has 0 amide bonds. The first-order valence-electron chi connectivity index (χ1n) is 9.27. The van der Waals surface area contributed by atoms with E-state index in [1.54, 1.807) is 13.2 Å². The molecule has 1 aromatic rings. The fourth-order valence-electron chi connectivity index (χ4n) is 5.87. The number of aliphatic hydroxyl groups is 2. The third-order valence-corrected chi connectivity index (χ3v) is 6.84. The lowest BCUT2D eigenvalue weighted by Gasteiger charge is -2.61. The van der Waals surface area contributed by atoms with Gasteiger partial charge in [-0.05, 0) is 44.0 Å². The predicted molar refractivity (Wildman–Crippen MR) is 93.2 cm³/mol. The maximum atomic E-state index is 11.9. The molecule has 1 aromatic carbocycles. The van der Waals surface area contributed by atoms with Gasteiger partial charge in [-0.25, -0.2) is 0 Å². The monoisotopic (exact) mass is 343 g/mol. The summed E-state index contributed by atoms with van der Waals surface area (Å²) in [5.41, 5.74) is 0.675. The molecule has 5 nitrogen and oxygen atoms in total. The smallest absolute Gasteiger partial charge is 0.166 e. The quantitative estimate of drug-likeness (QED) is 0.813. The van der Waals surface area contributed by atoms with Gasteiger partial charge in [0, 0.05) is 11.6 Å². The zero-order chi connectivity index (χ0) is 17.4. The Kier molecular flexibility index (Phi) is 3.13. The minimum atomic E-state index is -1.02. The average molecular weight is 343 g/mol. The molecular formula is C20H25NO4. The summed E-state index contributed by atoms with van der Waals surface area (Å²) in [4.78, 5) is 2.41. The second kappa shape index (κ2) is 5.00. The molecule has 2 bridgehead atoms. The molecule has 5 heteroatoms. The van der Waals surface area contributed by atoms with Crippen molar-refractivity contribution in [1.82, 2.24) is 4.90 Å². The van der Waals surface area contributed by atoms with Crippen LogP contribution in [0.1, 0.15) is 30.9 Å². The van der Waals surface area contributed by atoms with Crippen molar-refractivity contribution >= 4 is 0 Å². The fourth-order valence-corrected chi connectivity index (χ4v) is 5.87. The summed E-state index contributed by atoms with van der Waals surface area (Å²) in [5, 5.41) is 22.6. The highest BCUT2D eigenvalue weighted by Gasteiger charge is 2.71. The van der Waals surface area contributed by atoms with Gasteiger partial charge in [0.2, 0.25) is 0 Å². The van der Waals surface area contributed by atoms with Crippen LogP contribution in [0.25, 0.3) is 0 Å². The van der Waals surface area contributed by atoms with Crippen LogP contribution in [0.15, 0.2) is 24.3 Å². The second-order valence-corrected chi connectivity index (χ2v) is 7.82. The van der Waals surface area contributed by atoms with Crippen molar-refractivity contribution in [3.05, 3.63) is 35.4 Å².